The topological polar surface area (TPSA) is 87.5 Å². The van der Waals surface area contributed by atoms with Gasteiger partial charge in [-0.2, -0.15) is 0 Å². The molecule has 1 saturated carbocycles. The Kier molecular flexibility index (Phi) is 4.41. The van der Waals surface area contributed by atoms with Crippen LogP contribution in [0.25, 0.3) is 0 Å². The molecule has 6 nitrogen and oxygen atoms in total. The molecule has 21 heavy (non-hydrogen) atoms. The Morgan fingerprint density at radius 3 is 2.57 bits per heavy atom. The molecule has 2 unspecified atom stereocenters. The van der Waals surface area contributed by atoms with Crippen molar-refractivity contribution >= 4 is 33.8 Å². The van der Waals surface area contributed by atoms with Crippen molar-refractivity contribution in [1.29, 1.82) is 0 Å². The van der Waals surface area contributed by atoms with Crippen LogP contribution in [0, 0.1) is 5.92 Å². The van der Waals surface area contributed by atoms with Gasteiger partial charge in [0, 0.05) is 27.2 Å². The molecule has 0 bridgehead atoms. The largest absolute Gasteiger partial charge is 0.397 e. The minimum Gasteiger partial charge on any atom is -0.397 e. The summed E-state index contributed by atoms with van der Waals surface area (Å²) in [6.45, 7) is 2.15. The fourth-order valence-electron chi connectivity index (χ4n) is 2.30. The second-order valence-electron chi connectivity index (χ2n) is 5.48. The predicted molar refractivity (Wildman–Crippen MR) is 85.9 cm³/mol. The summed E-state index contributed by atoms with van der Waals surface area (Å²) in [6.07, 6.45) is 2.20. The molecule has 116 valence electrons. The van der Waals surface area contributed by atoms with E-state index in [1.165, 1.54) is 16.2 Å². The zero-order chi connectivity index (χ0) is 15.7. The number of carbonyl (C=O) groups excluding carboxylic acids is 2. The fourth-order valence-corrected chi connectivity index (χ4v) is 3.50. The third kappa shape index (κ3) is 2.97. The van der Waals surface area contributed by atoms with Crippen LogP contribution in [0.3, 0.4) is 0 Å². The maximum Gasteiger partial charge on any atom is 0.265 e. The molecule has 1 aliphatic carbocycles. The van der Waals surface area contributed by atoms with E-state index in [9.17, 15) is 9.59 Å². The first-order chi connectivity index (χ1) is 9.90. The van der Waals surface area contributed by atoms with Gasteiger partial charge in [0.15, 0.2) is 0 Å². The first-order valence-corrected chi connectivity index (χ1v) is 7.84. The lowest BCUT2D eigenvalue weighted by molar-refractivity contribution is 0.0833. The normalized spacial score (nSPS) is 20.0. The van der Waals surface area contributed by atoms with Crippen molar-refractivity contribution in [3.8, 4) is 0 Å². The number of rotatable bonds is 5. The summed E-state index contributed by atoms with van der Waals surface area (Å²) in [7, 11) is 4.90. The maximum atomic E-state index is 12.2. The van der Waals surface area contributed by atoms with Gasteiger partial charge >= 0.3 is 0 Å². The molecule has 2 amide bonds. The van der Waals surface area contributed by atoms with Crippen molar-refractivity contribution < 1.29 is 9.59 Å². The van der Waals surface area contributed by atoms with Crippen LogP contribution in [0.2, 0.25) is 0 Å². The molecule has 1 fully saturated rings. The van der Waals surface area contributed by atoms with E-state index in [4.69, 9.17) is 5.73 Å². The Labute approximate surface area is 128 Å². The summed E-state index contributed by atoms with van der Waals surface area (Å²) in [6, 6.07) is 0.374. The van der Waals surface area contributed by atoms with E-state index in [0.29, 0.717) is 27.4 Å². The quantitative estimate of drug-likeness (QED) is 0.771. The van der Waals surface area contributed by atoms with Crippen LogP contribution < -0.4 is 16.4 Å². The molecule has 0 radical (unpaired) electrons. The highest BCUT2D eigenvalue weighted by atomic mass is 32.1. The smallest absolute Gasteiger partial charge is 0.265 e. The van der Waals surface area contributed by atoms with Crippen LogP contribution in [0.15, 0.2) is 0 Å². The number of nitrogen functional groups attached to an aromatic ring is 1. The van der Waals surface area contributed by atoms with Crippen LogP contribution in [0.4, 0.5) is 10.7 Å². The highest BCUT2D eigenvalue weighted by Gasteiger charge is 2.37. The average Bonchev–Trinajstić information content (AvgIpc) is 3.13. The minimum atomic E-state index is -0.266. The lowest BCUT2D eigenvalue weighted by atomic mass is 10.2. The Hall–Kier alpha value is -1.76. The first kappa shape index (κ1) is 15.6. The number of hydrogen-bond donors (Lipinski definition) is 3. The van der Waals surface area contributed by atoms with Gasteiger partial charge in [-0.15, -0.1) is 11.3 Å². The van der Waals surface area contributed by atoms with Crippen LogP contribution in [-0.4, -0.2) is 43.9 Å². The number of carbonyl (C=O) groups is 2. The van der Waals surface area contributed by atoms with Crippen LogP contribution in [-0.2, 0) is 0 Å². The van der Waals surface area contributed by atoms with Crippen LogP contribution in [0.1, 0.15) is 39.8 Å². The van der Waals surface area contributed by atoms with Gasteiger partial charge in [0.2, 0.25) is 0 Å². The zero-order valence-corrected chi connectivity index (χ0v) is 13.6. The van der Waals surface area contributed by atoms with Crippen LogP contribution >= 0.6 is 11.3 Å². The molecule has 7 heteroatoms. The minimum absolute atomic E-state index is 0.182. The third-order valence-electron chi connectivity index (χ3n) is 3.76. The number of anilines is 2. The van der Waals surface area contributed by atoms with E-state index < -0.39 is 0 Å². The van der Waals surface area contributed by atoms with Crippen molar-refractivity contribution in [2.45, 2.75) is 25.8 Å². The van der Waals surface area contributed by atoms with Crippen molar-refractivity contribution in [3.05, 3.63) is 10.4 Å². The number of nitrogens with one attached hydrogen (secondary N) is 2. The molecule has 1 heterocycles. The molecule has 0 aliphatic heterocycles. The summed E-state index contributed by atoms with van der Waals surface area (Å²) in [5.74, 6) is 0.190. The van der Waals surface area contributed by atoms with Gasteiger partial charge in [0.05, 0.1) is 11.3 Å². The Morgan fingerprint density at radius 2 is 2.10 bits per heavy atom. The van der Waals surface area contributed by atoms with Gasteiger partial charge in [-0.1, -0.05) is 13.3 Å². The number of nitrogens with two attached hydrogens (primary N) is 1. The second kappa shape index (κ2) is 5.93. The number of nitrogens with zero attached hydrogens (tertiary/aromatic N) is 1. The van der Waals surface area contributed by atoms with E-state index in [-0.39, 0.29) is 17.5 Å². The molecular formula is C14H22N4O2S. The molecule has 1 aliphatic rings. The molecule has 0 spiro atoms. The van der Waals surface area contributed by atoms with Crippen molar-refractivity contribution in [2.24, 2.45) is 5.92 Å². The summed E-state index contributed by atoms with van der Waals surface area (Å²) in [5.41, 5.74) is 6.69. The maximum absolute atomic E-state index is 12.2. The van der Waals surface area contributed by atoms with E-state index in [0.717, 1.165) is 12.8 Å². The lowest BCUT2D eigenvalue weighted by Crippen LogP contribution is -2.23. The standard InChI is InChI=1S/C14H22N4O2S/c1-5-7-6-8(7)17-13-9(12(19)16-2)10(15)11(21-13)14(20)18(3)4/h7-8,17H,5-6,15H2,1-4H3,(H,16,19). The predicted octanol–water partition coefficient (Wildman–Crippen LogP) is 1.60. The van der Waals surface area contributed by atoms with Crippen LogP contribution in [0.5, 0.6) is 0 Å². The summed E-state index contributed by atoms with van der Waals surface area (Å²) in [5, 5.41) is 6.64. The number of hydrogen-bond acceptors (Lipinski definition) is 5. The molecule has 0 aromatic carbocycles. The van der Waals surface area contributed by atoms with Crippen molar-refractivity contribution in [2.75, 3.05) is 32.2 Å². The van der Waals surface area contributed by atoms with Gasteiger partial charge in [-0.25, -0.2) is 0 Å². The molecular weight excluding hydrogens is 288 g/mol. The first-order valence-electron chi connectivity index (χ1n) is 7.03. The van der Waals surface area contributed by atoms with E-state index >= 15 is 0 Å². The summed E-state index contributed by atoms with van der Waals surface area (Å²) >= 11 is 1.26. The van der Waals surface area contributed by atoms with Gasteiger partial charge in [0.1, 0.15) is 9.88 Å². The lowest BCUT2D eigenvalue weighted by Gasteiger charge is -2.08. The molecule has 2 rings (SSSR count). The zero-order valence-electron chi connectivity index (χ0n) is 12.8. The van der Waals surface area contributed by atoms with Gasteiger partial charge in [-0.3, -0.25) is 9.59 Å². The van der Waals surface area contributed by atoms with Crippen molar-refractivity contribution in [1.82, 2.24) is 10.2 Å². The van der Waals surface area contributed by atoms with Crippen molar-refractivity contribution in [3.63, 3.8) is 0 Å². The number of thiophene rings is 1. The second-order valence-corrected chi connectivity index (χ2v) is 6.50. The van der Waals surface area contributed by atoms with Gasteiger partial charge in [-0.05, 0) is 12.3 Å². The third-order valence-corrected chi connectivity index (χ3v) is 4.89. The summed E-state index contributed by atoms with van der Waals surface area (Å²) < 4.78 is 0. The molecule has 1 aromatic heterocycles. The van der Waals surface area contributed by atoms with Gasteiger partial charge in [0.25, 0.3) is 11.8 Å². The molecule has 0 saturated heterocycles. The van der Waals surface area contributed by atoms with E-state index in [1.54, 1.807) is 21.1 Å². The average molecular weight is 310 g/mol. The summed E-state index contributed by atoms with van der Waals surface area (Å²) in [4.78, 5) is 26.1. The van der Waals surface area contributed by atoms with E-state index in [1.807, 2.05) is 0 Å². The highest BCUT2D eigenvalue weighted by molar-refractivity contribution is 7.19. The van der Waals surface area contributed by atoms with E-state index in [2.05, 4.69) is 17.6 Å². The number of amides is 2. The monoisotopic (exact) mass is 310 g/mol. The Morgan fingerprint density at radius 1 is 1.43 bits per heavy atom. The molecule has 1 aromatic rings. The SMILES string of the molecule is CCC1CC1Nc1sc(C(=O)N(C)C)c(N)c1C(=O)NC. The Balaban J connectivity index is 2.35. The molecule has 2 atom stereocenters. The Bertz CT molecular complexity index is 568. The molecule has 4 N–H and O–H groups in total. The fraction of sp³-hybridized carbons (Fsp3) is 0.571. The highest BCUT2D eigenvalue weighted by Crippen LogP contribution is 2.42. The van der Waals surface area contributed by atoms with Gasteiger partial charge < -0.3 is 21.3 Å².